The number of allylic oxidation sites excluding steroid dienone is 4. The maximum Gasteiger partial charge on any atom is 0.221 e. The van der Waals surface area contributed by atoms with Crippen LogP contribution in [0.15, 0.2) is 60.2 Å². The van der Waals surface area contributed by atoms with Gasteiger partial charge in [0.05, 0.1) is 0 Å². The third-order valence-electron chi connectivity index (χ3n) is 4.85. The molecule has 27 heavy (non-hydrogen) atoms. The van der Waals surface area contributed by atoms with Crippen molar-refractivity contribution in [2.24, 2.45) is 5.92 Å². The molecule has 0 aromatic heterocycles. The fourth-order valence-corrected chi connectivity index (χ4v) is 2.98. The Balaban J connectivity index is 2.50. The Labute approximate surface area is 162 Å². The molecule has 0 spiro atoms. The largest absolute Gasteiger partial charge is 0.507 e. The Hall–Kier alpha value is -2.81. The van der Waals surface area contributed by atoms with Crippen molar-refractivity contribution < 1.29 is 9.90 Å². The minimum absolute atomic E-state index is 0.102. The van der Waals surface area contributed by atoms with E-state index in [4.69, 9.17) is 0 Å². The summed E-state index contributed by atoms with van der Waals surface area (Å²) in [5.41, 5.74) is 5.63. The maximum atomic E-state index is 11.2. The topological polar surface area (TPSA) is 49.3 Å². The molecule has 1 unspecified atom stereocenters. The van der Waals surface area contributed by atoms with E-state index in [1.165, 1.54) is 12.5 Å². The van der Waals surface area contributed by atoms with Crippen molar-refractivity contribution >= 4 is 17.2 Å². The molecule has 0 saturated heterocycles. The maximum absolute atomic E-state index is 11.2. The van der Waals surface area contributed by atoms with Crippen LogP contribution in [0.1, 0.15) is 46.6 Å². The van der Waals surface area contributed by atoms with E-state index < -0.39 is 0 Å². The van der Waals surface area contributed by atoms with E-state index in [0.717, 1.165) is 34.4 Å². The first-order valence-corrected chi connectivity index (χ1v) is 9.42. The van der Waals surface area contributed by atoms with Crippen molar-refractivity contribution in [2.75, 3.05) is 5.32 Å². The van der Waals surface area contributed by atoms with Crippen LogP contribution in [0, 0.1) is 5.92 Å². The fraction of sp³-hybridized carbons (Fsp3) is 0.292. The van der Waals surface area contributed by atoms with E-state index in [1.807, 2.05) is 49.4 Å². The molecule has 0 fully saturated rings. The van der Waals surface area contributed by atoms with Crippen LogP contribution in [0.5, 0.6) is 5.75 Å². The van der Waals surface area contributed by atoms with Gasteiger partial charge in [0, 0.05) is 23.7 Å². The summed E-state index contributed by atoms with van der Waals surface area (Å²) in [7, 11) is 0. The molecule has 0 aliphatic rings. The first kappa shape index (κ1) is 20.5. The average molecular weight is 364 g/mol. The van der Waals surface area contributed by atoms with E-state index >= 15 is 0 Å². The third-order valence-corrected chi connectivity index (χ3v) is 4.85. The summed E-state index contributed by atoms with van der Waals surface area (Å²) in [5, 5.41) is 13.8. The summed E-state index contributed by atoms with van der Waals surface area (Å²) in [5.74, 6) is 0.527. The predicted molar refractivity (Wildman–Crippen MR) is 115 cm³/mol. The van der Waals surface area contributed by atoms with Gasteiger partial charge in [0.2, 0.25) is 5.91 Å². The standard InChI is InChI=1S/C24H29NO2/c1-6-16(3)15-23(17(4)7-2)22-10-8-9-21(24(22)27)19-11-13-20(14-12-19)25-18(5)26/h6,8-15,17,27H,7H2,1-5H3,(H,25,26)/b16-6-,23-15+. The van der Waals surface area contributed by atoms with Crippen molar-refractivity contribution in [2.45, 2.75) is 41.0 Å². The molecule has 0 aliphatic heterocycles. The zero-order valence-corrected chi connectivity index (χ0v) is 16.8. The molecule has 1 amide bonds. The van der Waals surface area contributed by atoms with Gasteiger partial charge in [0.15, 0.2) is 0 Å². The predicted octanol–water partition coefficient (Wildman–Crippen LogP) is 6.41. The van der Waals surface area contributed by atoms with Crippen LogP contribution in [0.25, 0.3) is 16.7 Å². The van der Waals surface area contributed by atoms with Crippen molar-refractivity contribution in [3.63, 3.8) is 0 Å². The minimum Gasteiger partial charge on any atom is -0.507 e. The molecule has 2 N–H and O–H groups in total. The van der Waals surface area contributed by atoms with Gasteiger partial charge in [-0.3, -0.25) is 4.79 Å². The Morgan fingerprint density at radius 3 is 2.37 bits per heavy atom. The van der Waals surface area contributed by atoms with Crippen molar-refractivity contribution in [1.29, 1.82) is 0 Å². The van der Waals surface area contributed by atoms with Crippen LogP contribution in [0.2, 0.25) is 0 Å². The lowest BCUT2D eigenvalue weighted by Gasteiger charge is -2.18. The number of para-hydroxylation sites is 1. The molecule has 0 radical (unpaired) electrons. The molecule has 3 heteroatoms. The van der Waals surface area contributed by atoms with Crippen molar-refractivity contribution in [3.05, 3.63) is 65.8 Å². The normalized spacial score (nSPS) is 13.4. The highest BCUT2D eigenvalue weighted by atomic mass is 16.3. The Morgan fingerprint density at radius 1 is 1.15 bits per heavy atom. The van der Waals surface area contributed by atoms with Crippen molar-refractivity contribution in [3.8, 4) is 16.9 Å². The highest BCUT2D eigenvalue weighted by Gasteiger charge is 2.16. The van der Waals surface area contributed by atoms with Crippen LogP contribution in [-0.4, -0.2) is 11.0 Å². The SMILES string of the molecule is C/C=C(C)\C=C(\c1cccc(-c2ccc(NC(C)=O)cc2)c1O)C(C)CC. The van der Waals surface area contributed by atoms with Crippen LogP contribution in [0.3, 0.4) is 0 Å². The number of hydrogen-bond donors (Lipinski definition) is 2. The summed E-state index contributed by atoms with van der Waals surface area (Å²) in [6.45, 7) is 9.92. The minimum atomic E-state index is -0.102. The molecule has 3 nitrogen and oxygen atoms in total. The van der Waals surface area contributed by atoms with Gasteiger partial charge in [-0.1, -0.05) is 61.9 Å². The van der Waals surface area contributed by atoms with E-state index in [-0.39, 0.29) is 5.91 Å². The van der Waals surface area contributed by atoms with Crippen LogP contribution < -0.4 is 5.32 Å². The van der Waals surface area contributed by atoms with Gasteiger partial charge in [0.1, 0.15) is 5.75 Å². The second-order valence-corrected chi connectivity index (χ2v) is 6.90. The number of aromatic hydroxyl groups is 1. The Kier molecular flexibility index (Phi) is 7.00. The number of phenolic OH excluding ortho intramolecular Hbond substituents is 1. The number of hydrogen-bond acceptors (Lipinski definition) is 2. The number of carbonyl (C=O) groups is 1. The second-order valence-electron chi connectivity index (χ2n) is 6.90. The lowest BCUT2D eigenvalue weighted by atomic mass is 9.88. The van der Waals surface area contributed by atoms with Gasteiger partial charge in [-0.15, -0.1) is 0 Å². The molecule has 2 aromatic carbocycles. The van der Waals surface area contributed by atoms with Crippen LogP contribution in [-0.2, 0) is 4.79 Å². The molecule has 0 heterocycles. The number of rotatable bonds is 6. The van der Waals surface area contributed by atoms with Gasteiger partial charge in [-0.05, 0) is 49.5 Å². The second kappa shape index (κ2) is 9.22. The quantitative estimate of drug-likeness (QED) is 0.582. The summed E-state index contributed by atoms with van der Waals surface area (Å²) in [6, 6.07) is 13.4. The molecule has 2 rings (SSSR count). The van der Waals surface area contributed by atoms with E-state index in [1.54, 1.807) is 0 Å². The van der Waals surface area contributed by atoms with E-state index in [2.05, 4.69) is 38.2 Å². The number of anilines is 1. The third kappa shape index (κ3) is 5.10. The fourth-order valence-electron chi connectivity index (χ4n) is 2.98. The first-order valence-electron chi connectivity index (χ1n) is 9.42. The summed E-state index contributed by atoms with van der Waals surface area (Å²) < 4.78 is 0. The molecule has 0 bridgehead atoms. The van der Waals surface area contributed by atoms with Crippen molar-refractivity contribution in [1.82, 2.24) is 0 Å². The Bertz CT molecular complexity index is 860. The summed E-state index contributed by atoms with van der Waals surface area (Å²) in [6.07, 6.45) is 5.23. The molecular formula is C24H29NO2. The highest BCUT2D eigenvalue weighted by molar-refractivity contribution is 5.89. The van der Waals surface area contributed by atoms with Gasteiger partial charge < -0.3 is 10.4 Å². The lowest BCUT2D eigenvalue weighted by molar-refractivity contribution is -0.114. The lowest BCUT2D eigenvalue weighted by Crippen LogP contribution is -2.05. The number of benzene rings is 2. The smallest absolute Gasteiger partial charge is 0.221 e. The summed E-state index contributed by atoms with van der Waals surface area (Å²) in [4.78, 5) is 11.2. The van der Waals surface area contributed by atoms with Crippen LogP contribution >= 0.6 is 0 Å². The Morgan fingerprint density at radius 2 is 1.81 bits per heavy atom. The summed E-state index contributed by atoms with van der Waals surface area (Å²) >= 11 is 0. The number of amides is 1. The molecule has 0 saturated carbocycles. The first-order chi connectivity index (χ1) is 12.9. The van der Waals surface area contributed by atoms with E-state index in [0.29, 0.717) is 11.7 Å². The van der Waals surface area contributed by atoms with Gasteiger partial charge in [0.25, 0.3) is 0 Å². The van der Waals surface area contributed by atoms with Gasteiger partial charge in [-0.2, -0.15) is 0 Å². The van der Waals surface area contributed by atoms with Crippen LogP contribution in [0.4, 0.5) is 5.69 Å². The molecular weight excluding hydrogens is 334 g/mol. The van der Waals surface area contributed by atoms with Gasteiger partial charge >= 0.3 is 0 Å². The number of phenols is 1. The highest BCUT2D eigenvalue weighted by Crippen LogP contribution is 2.39. The van der Waals surface area contributed by atoms with E-state index in [9.17, 15) is 9.90 Å². The monoisotopic (exact) mass is 363 g/mol. The zero-order valence-electron chi connectivity index (χ0n) is 16.8. The molecule has 142 valence electrons. The average Bonchev–Trinajstić information content (AvgIpc) is 2.66. The molecule has 1 atom stereocenters. The molecule has 2 aromatic rings. The zero-order chi connectivity index (χ0) is 20.0. The number of nitrogens with one attached hydrogen (secondary N) is 1. The van der Waals surface area contributed by atoms with Gasteiger partial charge in [-0.25, -0.2) is 0 Å². The number of carbonyl (C=O) groups excluding carboxylic acids is 1. The molecule has 0 aliphatic carbocycles.